The van der Waals surface area contributed by atoms with E-state index in [1.807, 2.05) is 0 Å². The molecule has 2 aromatic rings. The Bertz CT molecular complexity index is 1120. The van der Waals surface area contributed by atoms with E-state index in [1.165, 1.54) is 33.9 Å². The van der Waals surface area contributed by atoms with Gasteiger partial charge in [-0.05, 0) is 61.0 Å². The number of rotatable bonds is 3. The van der Waals surface area contributed by atoms with Crippen LogP contribution in [0.25, 0.3) is 0 Å². The quantitative estimate of drug-likeness (QED) is 0.767. The molecule has 2 N–H and O–H groups in total. The maximum absolute atomic E-state index is 6.28. The molecule has 1 spiro atoms. The van der Waals surface area contributed by atoms with Crippen molar-refractivity contribution in [2.45, 2.75) is 44.7 Å². The number of allylic oxidation sites excluding steroid dienone is 1. The predicted molar refractivity (Wildman–Crippen MR) is 136 cm³/mol. The van der Waals surface area contributed by atoms with Gasteiger partial charge in [0.25, 0.3) is 0 Å². The monoisotopic (exact) mass is 439 g/mol. The maximum Gasteiger partial charge on any atom is 0.120 e. The number of anilines is 1. The lowest BCUT2D eigenvalue weighted by Gasteiger charge is -2.41. The van der Waals surface area contributed by atoms with Gasteiger partial charge in [-0.3, -0.25) is 4.90 Å². The normalized spacial score (nSPS) is 25.7. The Balaban J connectivity index is 1.32. The minimum absolute atomic E-state index is 0.140. The van der Waals surface area contributed by atoms with Crippen LogP contribution in [0.2, 0.25) is 0 Å². The van der Waals surface area contributed by atoms with E-state index in [9.17, 15) is 0 Å². The van der Waals surface area contributed by atoms with Crippen LogP contribution in [0.5, 0.6) is 0 Å². The highest BCUT2D eigenvalue weighted by Gasteiger charge is 2.49. The first-order valence-corrected chi connectivity index (χ1v) is 12.3. The summed E-state index contributed by atoms with van der Waals surface area (Å²) in [5.74, 6) is 2.03. The Hall–Kier alpha value is -2.76. The second-order valence-corrected chi connectivity index (χ2v) is 10.2. The second kappa shape index (κ2) is 8.23. The van der Waals surface area contributed by atoms with Crippen LogP contribution >= 0.6 is 0 Å². The number of likely N-dealkylation sites (tertiary alicyclic amines) is 1. The van der Waals surface area contributed by atoms with Gasteiger partial charge < -0.3 is 10.6 Å². The molecule has 0 aromatic heterocycles. The lowest BCUT2D eigenvalue weighted by atomic mass is 9.72. The van der Waals surface area contributed by atoms with Gasteiger partial charge in [0.1, 0.15) is 12.2 Å². The summed E-state index contributed by atoms with van der Waals surface area (Å²) >= 11 is 0. The molecule has 3 aliphatic heterocycles. The van der Waals surface area contributed by atoms with E-state index in [4.69, 9.17) is 10.7 Å². The van der Waals surface area contributed by atoms with Gasteiger partial charge >= 0.3 is 0 Å². The molecule has 1 aliphatic carbocycles. The number of hydrogen-bond acceptors (Lipinski definition) is 5. The third-order valence-corrected chi connectivity index (χ3v) is 8.23. The number of nitrogens with zero attached hydrogens (tertiary/aromatic N) is 4. The Morgan fingerprint density at radius 1 is 1.06 bits per heavy atom. The number of fused-ring (bicyclic) bond motifs is 3. The fourth-order valence-electron chi connectivity index (χ4n) is 6.51. The topological polar surface area (TPSA) is 57.2 Å². The van der Waals surface area contributed by atoms with E-state index >= 15 is 0 Å². The first kappa shape index (κ1) is 20.8. The maximum atomic E-state index is 6.28. The Labute approximate surface area is 196 Å². The summed E-state index contributed by atoms with van der Waals surface area (Å²) in [4.78, 5) is 14.6. The highest BCUT2D eigenvalue weighted by molar-refractivity contribution is 6.07. The third kappa shape index (κ3) is 3.46. The average Bonchev–Trinajstić information content (AvgIpc) is 3.40. The van der Waals surface area contributed by atoms with Gasteiger partial charge in [0, 0.05) is 36.4 Å². The van der Waals surface area contributed by atoms with Crippen LogP contribution in [-0.4, -0.2) is 36.7 Å². The summed E-state index contributed by atoms with van der Waals surface area (Å²) < 4.78 is 0. The molecule has 6 rings (SSSR count). The fourth-order valence-corrected chi connectivity index (χ4v) is 6.51. The lowest BCUT2D eigenvalue weighted by molar-refractivity contribution is 0.160. The van der Waals surface area contributed by atoms with Crippen LogP contribution in [0.3, 0.4) is 0 Å². The minimum atomic E-state index is 0.140. The van der Waals surface area contributed by atoms with Gasteiger partial charge in [-0.2, -0.15) is 0 Å². The van der Waals surface area contributed by atoms with Gasteiger partial charge in [0.15, 0.2) is 0 Å². The van der Waals surface area contributed by atoms with Crippen molar-refractivity contribution in [3.63, 3.8) is 0 Å². The second-order valence-electron chi connectivity index (χ2n) is 10.2. The van der Waals surface area contributed by atoms with Crippen molar-refractivity contribution in [3.05, 3.63) is 77.0 Å². The van der Waals surface area contributed by atoms with E-state index in [0.29, 0.717) is 18.4 Å². The molecule has 0 bridgehead atoms. The summed E-state index contributed by atoms with van der Waals surface area (Å²) in [7, 11) is 0. The van der Waals surface area contributed by atoms with Crippen molar-refractivity contribution in [2.75, 3.05) is 24.5 Å². The highest BCUT2D eigenvalue weighted by atomic mass is 15.3. The van der Waals surface area contributed by atoms with Crippen molar-refractivity contribution in [2.24, 2.45) is 27.6 Å². The van der Waals surface area contributed by atoms with Crippen molar-refractivity contribution in [1.29, 1.82) is 0 Å². The van der Waals surface area contributed by atoms with E-state index in [2.05, 4.69) is 76.3 Å². The zero-order valence-electron chi connectivity index (χ0n) is 19.5. The number of hydrogen-bond donors (Lipinski definition) is 1. The Morgan fingerprint density at radius 2 is 1.88 bits per heavy atom. The van der Waals surface area contributed by atoms with E-state index < -0.39 is 0 Å². The van der Waals surface area contributed by atoms with Gasteiger partial charge in [-0.15, -0.1) is 0 Å². The fraction of sp³-hybridized carbons (Fsp3) is 0.429. The van der Waals surface area contributed by atoms with Crippen LogP contribution < -0.4 is 10.6 Å². The molecule has 4 aliphatic rings. The predicted octanol–water partition coefficient (Wildman–Crippen LogP) is 4.48. The first-order valence-electron chi connectivity index (χ1n) is 12.3. The largest absolute Gasteiger partial charge is 0.328 e. The molecule has 2 atom stereocenters. The van der Waals surface area contributed by atoms with Gasteiger partial charge in [-0.25, -0.2) is 9.98 Å². The molecule has 33 heavy (non-hydrogen) atoms. The molecule has 3 heterocycles. The van der Waals surface area contributed by atoms with Crippen LogP contribution in [0.1, 0.15) is 42.9 Å². The van der Waals surface area contributed by atoms with Crippen LogP contribution in [0.4, 0.5) is 5.69 Å². The van der Waals surface area contributed by atoms with Crippen LogP contribution in [0.15, 0.2) is 70.3 Å². The summed E-state index contributed by atoms with van der Waals surface area (Å²) in [5.41, 5.74) is 13.1. The van der Waals surface area contributed by atoms with Crippen LogP contribution in [0, 0.1) is 11.8 Å². The molecular formula is C28H33N5. The average molecular weight is 440 g/mol. The molecule has 0 radical (unpaired) electrons. The molecular weight excluding hydrogens is 406 g/mol. The Morgan fingerprint density at radius 3 is 2.67 bits per heavy atom. The highest BCUT2D eigenvalue weighted by Crippen LogP contribution is 2.50. The number of piperidine rings is 1. The third-order valence-electron chi connectivity index (χ3n) is 8.23. The van der Waals surface area contributed by atoms with E-state index in [0.717, 1.165) is 45.4 Å². The van der Waals surface area contributed by atoms with Crippen molar-refractivity contribution < 1.29 is 0 Å². The summed E-state index contributed by atoms with van der Waals surface area (Å²) in [5, 5.41) is 0. The molecule has 0 saturated carbocycles. The molecule has 1 unspecified atom stereocenters. The number of nitrogens with two attached hydrogens (primary N) is 1. The molecule has 5 heteroatoms. The zero-order chi connectivity index (χ0) is 22.4. The van der Waals surface area contributed by atoms with Gasteiger partial charge in [0.2, 0.25) is 0 Å². The molecule has 1 fully saturated rings. The standard InChI is InChI=1S/C28H33N5/c1-20-10-11-23-25(20)27(31-19-30-23)33-18-28(26-22(16-29)8-5-9-24(26)33)12-14-32(15-13-28)17-21-6-3-2-4-7-21/h2-9,11,19-20,25H,10,12-18,29H2,1H3/t20-,25?/m1/s1. The number of benzene rings is 2. The SMILES string of the molecule is C[C@@H]1CC=C2N=CN=C(N3CC4(CCN(Cc5ccccc5)CC4)c4c(CN)cccc43)C21. The first-order chi connectivity index (χ1) is 16.2. The van der Waals surface area contributed by atoms with Crippen molar-refractivity contribution >= 4 is 17.9 Å². The summed E-state index contributed by atoms with van der Waals surface area (Å²) in [6.07, 6.45) is 7.45. The zero-order valence-corrected chi connectivity index (χ0v) is 19.5. The number of amidine groups is 1. The van der Waals surface area contributed by atoms with E-state index in [-0.39, 0.29) is 5.41 Å². The lowest BCUT2D eigenvalue weighted by Crippen LogP contribution is -2.47. The van der Waals surface area contributed by atoms with Crippen molar-refractivity contribution in [1.82, 2.24) is 4.90 Å². The van der Waals surface area contributed by atoms with E-state index in [1.54, 1.807) is 6.34 Å². The van der Waals surface area contributed by atoms with Crippen LogP contribution in [-0.2, 0) is 18.5 Å². The minimum Gasteiger partial charge on any atom is -0.328 e. The summed E-state index contributed by atoms with van der Waals surface area (Å²) in [6, 6.07) is 17.5. The molecule has 170 valence electrons. The van der Waals surface area contributed by atoms with Gasteiger partial charge in [0.05, 0.1) is 5.92 Å². The molecule has 0 amide bonds. The number of aliphatic imine (C=N–C) groups is 2. The van der Waals surface area contributed by atoms with Crippen molar-refractivity contribution in [3.8, 4) is 0 Å². The summed E-state index contributed by atoms with van der Waals surface area (Å²) in [6.45, 7) is 7.17. The Kier molecular flexibility index (Phi) is 5.19. The van der Waals surface area contributed by atoms with Gasteiger partial charge in [-0.1, -0.05) is 55.5 Å². The molecule has 1 saturated heterocycles. The molecule has 2 aromatic carbocycles. The molecule has 5 nitrogen and oxygen atoms in total. The smallest absolute Gasteiger partial charge is 0.120 e.